The average Bonchev–Trinajstić information content (AvgIpc) is 3.02. The van der Waals surface area contributed by atoms with E-state index in [1.54, 1.807) is 30.3 Å². The zero-order valence-electron chi connectivity index (χ0n) is 14.4. The normalized spacial score (nSPS) is 14.1. The second-order valence-electron chi connectivity index (χ2n) is 6.19. The van der Waals surface area contributed by atoms with Crippen LogP contribution in [0.4, 0.5) is 17.1 Å². The number of nitrogens with one attached hydrogen (secondary N) is 2. The van der Waals surface area contributed by atoms with Crippen LogP contribution in [0.5, 0.6) is 0 Å². The first-order valence-electron chi connectivity index (χ1n) is 8.44. The molecule has 1 heterocycles. The van der Waals surface area contributed by atoms with E-state index in [4.69, 9.17) is 11.0 Å². The summed E-state index contributed by atoms with van der Waals surface area (Å²) in [6.07, 6.45) is 0. The van der Waals surface area contributed by atoms with Gasteiger partial charge in [0.2, 0.25) is 0 Å². The molecule has 0 radical (unpaired) electrons. The first-order valence-corrected chi connectivity index (χ1v) is 8.44. The summed E-state index contributed by atoms with van der Waals surface area (Å²) in [5, 5.41) is 15.2. The fraction of sp³-hybridized carbons (Fsp3) is 0. The maximum atomic E-state index is 12.8. The summed E-state index contributed by atoms with van der Waals surface area (Å²) in [7, 11) is 0. The second-order valence-corrected chi connectivity index (χ2v) is 6.19. The fourth-order valence-corrected chi connectivity index (χ4v) is 3.09. The molecule has 3 aromatic rings. The molecule has 0 bridgehead atoms. The first kappa shape index (κ1) is 16.4. The van der Waals surface area contributed by atoms with Crippen molar-refractivity contribution in [1.82, 2.24) is 0 Å². The third kappa shape index (κ3) is 3.12. The number of rotatable bonds is 3. The topological polar surface area (TPSA) is 90.9 Å². The van der Waals surface area contributed by atoms with Crippen LogP contribution in [0.25, 0.3) is 11.3 Å². The highest BCUT2D eigenvalue weighted by atomic mass is 16.2. The van der Waals surface area contributed by atoms with E-state index >= 15 is 0 Å². The van der Waals surface area contributed by atoms with Crippen molar-refractivity contribution in [3.8, 4) is 6.07 Å². The van der Waals surface area contributed by atoms with Gasteiger partial charge in [0.05, 0.1) is 22.9 Å². The van der Waals surface area contributed by atoms with Gasteiger partial charge in [0.25, 0.3) is 5.91 Å². The quantitative estimate of drug-likeness (QED) is 0.489. The maximum absolute atomic E-state index is 12.8. The Morgan fingerprint density at radius 3 is 2.44 bits per heavy atom. The minimum atomic E-state index is -0.185. The minimum Gasteiger partial charge on any atom is -0.399 e. The Morgan fingerprint density at radius 1 is 1.00 bits per heavy atom. The zero-order valence-corrected chi connectivity index (χ0v) is 14.4. The van der Waals surface area contributed by atoms with E-state index in [9.17, 15) is 4.79 Å². The number of hydrogen-bond donors (Lipinski definition) is 3. The summed E-state index contributed by atoms with van der Waals surface area (Å²) >= 11 is 0. The van der Waals surface area contributed by atoms with Crippen LogP contribution >= 0.6 is 0 Å². The van der Waals surface area contributed by atoms with Crippen molar-refractivity contribution in [2.24, 2.45) is 0 Å². The molecule has 4 rings (SSSR count). The molecule has 27 heavy (non-hydrogen) atoms. The highest BCUT2D eigenvalue weighted by molar-refractivity contribution is 6.37. The van der Waals surface area contributed by atoms with Crippen LogP contribution in [0.15, 0.2) is 72.8 Å². The van der Waals surface area contributed by atoms with Crippen molar-refractivity contribution in [1.29, 1.82) is 5.26 Å². The molecule has 4 N–H and O–H groups in total. The first-order chi connectivity index (χ1) is 13.2. The Kier molecular flexibility index (Phi) is 4.07. The summed E-state index contributed by atoms with van der Waals surface area (Å²) in [5.41, 5.74) is 11.5. The highest BCUT2D eigenvalue weighted by Gasteiger charge is 2.28. The fourth-order valence-electron chi connectivity index (χ4n) is 3.09. The van der Waals surface area contributed by atoms with Crippen LogP contribution in [-0.4, -0.2) is 5.91 Å². The van der Waals surface area contributed by atoms with Crippen molar-refractivity contribution < 1.29 is 4.79 Å². The molecule has 0 atom stereocenters. The summed E-state index contributed by atoms with van der Waals surface area (Å²) < 4.78 is 0. The molecule has 130 valence electrons. The van der Waals surface area contributed by atoms with Gasteiger partial charge in [0, 0.05) is 22.6 Å². The number of nitriles is 1. The summed E-state index contributed by atoms with van der Waals surface area (Å²) in [6.45, 7) is 0. The third-order valence-corrected chi connectivity index (χ3v) is 4.38. The molecule has 0 saturated heterocycles. The van der Waals surface area contributed by atoms with Crippen LogP contribution in [0, 0.1) is 11.3 Å². The molecule has 5 heteroatoms. The van der Waals surface area contributed by atoms with Crippen LogP contribution < -0.4 is 16.4 Å². The van der Waals surface area contributed by atoms with Crippen LogP contribution in [0.1, 0.15) is 16.7 Å². The van der Waals surface area contributed by atoms with Gasteiger partial charge in [-0.05, 0) is 48.0 Å². The predicted molar refractivity (Wildman–Crippen MR) is 108 cm³/mol. The lowest BCUT2D eigenvalue weighted by Gasteiger charge is -2.15. The third-order valence-electron chi connectivity index (χ3n) is 4.38. The molecule has 1 aliphatic rings. The molecule has 3 aromatic carbocycles. The number of nitrogens with two attached hydrogens (primary N) is 1. The van der Waals surface area contributed by atoms with Crippen LogP contribution in [-0.2, 0) is 4.79 Å². The molecule has 0 fully saturated rings. The van der Waals surface area contributed by atoms with Gasteiger partial charge in [-0.3, -0.25) is 4.79 Å². The Bertz CT molecular complexity index is 1090. The number of nitrogens with zero attached hydrogens (tertiary/aromatic N) is 1. The van der Waals surface area contributed by atoms with Crippen LogP contribution in [0.2, 0.25) is 0 Å². The smallest absolute Gasteiger partial charge is 0.258 e. The second kappa shape index (κ2) is 6.70. The number of nitrogen functional groups attached to an aromatic ring is 1. The van der Waals surface area contributed by atoms with Gasteiger partial charge in [-0.15, -0.1) is 0 Å². The summed E-state index contributed by atoms with van der Waals surface area (Å²) in [5.74, 6) is -0.185. The van der Waals surface area contributed by atoms with E-state index < -0.39 is 0 Å². The van der Waals surface area contributed by atoms with Crippen LogP contribution in [0.3, 0.4) is 0 Å². The van der Waals surface area contributed by atoms with Crippen molar-refractivity contribution in [2.45, 2.75) is 0 Å². The van der Waals surface area contributed by atoms with Gasteiger partial charge >= 0.3 is 0 Å². The van der Waals surface area contributed by atoms with Gasteiger partial charge in [-0.25, -0.2) is 0 Å². The van der Waals surface area contributed by atoms with Crippen molar-refractivity contribution >= 4 is 34.2 Å². The number of anilines is 3. The van der Waals surface area contributed by atoms with Gasteiger partial charge < -0.3 is 16.4 Å². The van der Waals surface area contributed by atoms with Gasteiger partial charge in [-0.1, -0.05) is 30.3 Å². The molecule has 1 aliphatic heterocycles. The zero-order chi connectivity index (χ0) is 18.8. The maximum Gasteiger partial charge on any atom is 0.258 e. The van der Waals surface area contributed by atoms with E-state index in [-0.39, 0.29) is 5.91 Å². The lowest BCUT2D eigenvalue weighted by molar-refractivity contribution is -0.110. The van der Waals surface area contributed by atoms with Gasteiger partial charge in [0.15, 0.2) is 0 Å². The standard InChI is InChI=1S/C22H16N4O/c23-13-14-6-9-17(10-7-14)25-21(15-4-2-1-3-5-15)20-18-12-16(24)8-11-19(18)26-22(20)27/h1-12,25H,24H2,(H,26,27). The number of carbonyl (C=O) groups excluding carboxylic acids is 1. The number of amides is 1. The number of hydrogen-bond acceptors (Lipinski definition) is 4. The summed E-state index contributed by atoms with van der Waals surface area (Å²) in [4.78, 5) is 12.8. The molecule has 0 aromatic heterocycles. The Hall–Kier alpha value is -4.04. The van der Waals surface area contributed by atoms with Crippen molar-refractivity contribution in [3.63, 3.8) is 0 Å². The van der Waals surface area contributed by atoms with E-state index in [0.717, 1.165) is 22.5 Å². The molecule has 0 aliphatic carbocycles. The average molecular weight is 352 g/mol. The molecular weight excluding hydrogens is 336 g/mol. The lowest BCUT2D eigenvalue weighted by Crippen LogP contribution is -2.10. The molecule has 1 amide bonds. The number of fused-ring (bicyclic) bond motifs is 1. The highest BCUT2D eigenvalue weighted by Crippen LogP contribution is 2.38. The molecule has 5 nitrogen and oxygen atoms in total. The van der Waals surface area contributed by atoms with E-state index in [1.807, 2.05) is 42.5 Å². The number of carbonyl (C=O) groups is 1. The minimum absolute atomic E-state index is 0.185. The lowest BCUT2D eigenvalue weighted by atomic mass is 9.99. The molecule has 0 saturated carbocycles. The molecule has 0 unspecified atom stereocenters. The van der Waals surface area contributed by atoms with Crippen molar-refractivity contribution in [2.75, 3.05) is 16.4 Å². The van der Waals surface area contributed by atoms with Gasteiger partial charge in [0.1, 0.15) is 0 Å². The van der Waals surface area contributed by atoms with Crippen molar-refractivity contribution in [3.05, 3.63) is 89.5 Å². The Morgan fingerprint density at radius 2 is 1.74 bits per heavy atom. The predicted octanol–water partition coefficient (Wildman–Crippen LogP) is 4.07. The Balaban J connectivity index is 1.89. The monoisotopic (exact) mass is 352 g/mol. The summed E-state index contributed by atoms with van der Waals surface area (Å²) in [6, 6.07) is 24.2. The largest absolute Gasteiger partial charge is 0.399 e. The number of benzene rings is 3. The van der Waals surface area contributed by atoms with Gasteiger partial charge in [-0.2, -0.15) is 5.26 Å². The van der Waals surface area contributed by atoms with E-state index in [2.05, 4.69) is 16.7 Å². The molecular formula is C22H16N4O. The molecule has 0 spiro atoms. The van der Waals surface area contributed by atoms with E-state index in [1.165, 1.54) is 0 Å². The SMILES string of the molecule is N#Cc1ccc(NC(=C2C(=O)Nc3ccc(N)cc32)c2ccccc2)cc1. The Labute approximate surface area is 156 Å². The van der Waals surface area contributed by atoms with E-state index in [0.29, 0.717) is 22.5 Å².